The van der Waals surface area contributed by atoms with Crippen LogP contribution in [-0.2, 0) is 4.79 Å². The number of hydrogen-bond acceptors (Lipinski definition) is 5. The van der Waals surface area contributed by atoms with Crippen molar-refractivity contribution in [1.29, 1.82) is 0 Å². The lowest BCUT2D eigenvalue weighted by molar-refractivity contribution is -0.123. The molecule has 1 N–H and O–H groups in total. The molecule has 1 fully saturated rings. The topological polar surface area (TPSA) is 71.0 Å². The molecule has 0 spiro atoms. The second-order valence-corrected chi connectivity index (χ2v) is 6.24. The van der Waals surface area contributed by atoms with Gasteiger partial charge in [0.25, 0.3) is 0 Å². The van der Waals surface area contributed by atoms with Crippen molar-refractivity contribution in [3.05, 3.63) is 48.2 Å². The largest absolute Gasteiger partial charge is 0.356 e. The first-order chi connectivity index (χ1) is 11.6. The molecule has 3 rings (SSSR count). The van der Waals surface area contributed by atoms with E-state index in [-0.39, 0.29) is 17.9 Å². The first-order valence-corrected chi connectivity index (χ1v) is 8.39. The number of rotatable bonds is 4. The number of piperidine rings is 1. The van der Waals surface area contributed by atoms with Crippen LogP contribution in [0.5, 0.6) is 0 Å². The van der Waals surface area contributed by atoms with Gasteiger partial charge in [0, 0.05) is 37.2 Å². The first-order valence-electron chi connectivity index (χ1n) is 8.39. The van der Waals surface area contributed by atoms with Crippen LogP contribution < -0.4 is 10.2 Å². The molecule has 6 heteroatoms. The molecule has 1 amide bonds. The highest BCUT2D eigenvalue weighted by Crippen LogP contribution is 2.19. The number of anilines is 1. The molecule has 1 aliphatic rings. The van der Waals surface area contributed by atoms with E-state index < -0.39 is 0 Å². The van der Waals surface area contributed by atoms with Gasteiger partial charge in [0.2, 0.25) is 5.91 Å². The fourth-order valence-electron chi connectivity index (χ4n) is 2.94. The highest BCUT2D eigenvalue weighted by atomic mass is 16.2. The molecule has 1 aliphatic heterocycles. The molecular formula is C18H23N5O. The van der Waals surface area contributed by atoms with Gasteiger partial charge in [-0.1, -0.05) is 6.07 Å². The van der Waals surface area contributed by atoms with Crippen LogP contribution in [0.4, 0.5) is 5.82 Å². The summed E-state index contributed by atoms with van der Waals surface area (Å²) in [5.41, 5.74) is 1.03. The Balaban J connectivity index is 1.53. The predicted octanol–water partition coefficient (Wildman–Crippen LogP) is 2.07. The fraction of sp³-hybridized carbons (Fsp3) is 0.444. The summed E-state index contributed by atoms with van der Waals surface area (Å²) < 4.78 is 0. The SMILES string of the molecule is Cc1cccc(N2CCC(NC(=O)C(C)c3ncccn3)CC2)n1. The third-order valence-electron chi connectivity index (χ3n) is 4.41. The Morgan fingerprint density at radius 1 is 1.21 bits per heavy atom. The molecule has 0 bridgehead atoms. The van der Waals surface area contributed by atoms with Gasteiger partial charge < -0.3 is 10.2 Å². The molecule has 126 valence electrons. The number of aromatic nitrogens is 3. The van der Waals surface area contributed by atoms with Crippen LogP contribution in [0.2, 0.25) is 0 Å². The molecule has 1 saturated heterocycles. The minimum atomic E-state index is -0.331. The number of amides is 1. The lowest BCUT2D eigenvalue weighted by Gasteiger charge is -2.33. The molecule has 3 heterocycles. The van der Waals surface area contributed by atoms with Crippen LogP contribution >= 0.6 is 0 Å². The van der Waals surface area contributed by atoms with Crippen molar-refractivity contribution in [3.63, 3.8) is 0 Å². The molecule has 1 unspecified atom stereocenters. The number of nitrogens with one attached hydrogen (secondary N) is 1. The van der Waals surface area contributed by atoms with Crippen LogP contribution in [-0.4, -0.2) is 40.0 Å². The number of carbonyl (C=O) groups is 1. The highest BCUT2D eigenvalue weighted by Gasteiger charge is 2.25. The molecule has 0 aliphatic carbocycles. The van der Waals surface area contributed by atoms with Gasteiger partial charge in [-0.3, -0.25) is 4.79 Å². The van der Waals surface area contributed by atoms with Crippen LogP contribution in [0.1, 0.15) is 37.2 Å². The maximum Gasteiger partial charge on any atom is 0.230 e. The van der Waals surface area contributed by atoms with E-state index >= 15 is 0 Å². The maximum atomic E-state index is 12.4. The fourth-order valence-corrected chi connectivity index (χ4v) is 2.94. The number of nitrogens with zero attached hydrogens (tertiary/aromatic N) is 4. The Morgan fingerprint density at radius 2 is 1.92 bits per heavy atom. The van der Waals surface area contributed by atoms with Crippen LogP contribution in [0.3, 0.4) is 0 Å². The van der Waals surface area contributed by atoms with E-state index in [0.717, 1.165) is 37.4 Å². The van der Waals surface area contributed by atoms with Gasteiger partial charge >= 0.3 is 0 Å². The molecule has 6 nitrogen and oxygen atoms in total. The zero-order chi connectivity index (χ0) is 16.9. The van der Waals surface area contributed by atoms with Crippen LogP contribution in [0.15, 0.2) is 36.7 Å². The van der Waals surface area contributed by atoms with Crippen LogP contribution in [0.25, 0.3) is 0 Å². The third kappa shape index (κ3) is 3.88. The highest BCUT2D eigenvalue weighted by molar-refractivity contribution is 5.82. The quantitative estimate of drug-likeness (QED) is 0.932. The van der Waals surface area contributed by atoms with Crippen molar-refractivity contribution >= 4 is 11.7 Å². The van der Waals surface area contributed by atoms with Crippen molar-refractivity contribution < 1.29 is 4.79 Å². The van der Waals surface area contributed by atoms with Gasteiger partial charge in [-0.25, -0.2) is 15.0 Å². The van der Waals surface area contributed by atoms with Gasteiger partial charge in [0.1, 0.15) is 11.6 Å². The minimum Gasteiger partial charge on any atom is -0.356 e. The van der Waals surface area contributed by atoms with Crippen LogP contribution in [0, 0.1) is 6.92 Å². The van der Waals surface area contributed by atoms with E-state index in [0.29, 0.717) is 5.82 Å². The summed E-state index contributed by atoms with van der Waals surface area (Å²) in [6.07, 6.45) is 5.17. The van der Waals surface area contributed by atoms with Gasteiger partial charge in [0.05, 0.1) is 5.92 Å². The molecule has 0 radical (unpaired) electrons. The Hall–Kier alpha value is -2.50. The summed E-state index contributed by atoms with van der Waals surface area (Å²) in [6, 6.07) is 8.03. The average molecular weight is 325 g/mol. The Bertz CT molecular complexity index is 683. The lowest BCUT2D eigenvalue weighted by atomic mass is 10.0. The molecule has 2 aromatic rings. The zero-order valence-corrected chi connectivity index (χ0v) is 14.1. The molecule has 0 aromatic carbocycles. The predicted molar refractivity (Wildman–Crippen MR) is 92.8 cm³/mol. The maximum absolute atomic E-state index is 12.4. The van der Waals surface area contributed by atoms with E-state index in [1.165, 1.54) is 0 Å². The van der Waals surface area contributed by atoms with E-state index in [4.69, 9.17) is 0 Å². The third-order valence-corrected chi connectivity index (χ3v) is 4.41. The van der Waals surface area contributed by atoms with Gasteiger partial charge in [-0.2, -0.15) is 0 Å². The molecule has 24 heavy (non-hydrogen) atoms. The number of pyridine rings is 1. The summed E-state index contributed by atoms with van der Waals surface area (Å²) >= 11 is 0. The first kappa shape index (κ1) is 16.4. The van der Waals surface area contributed by atoms with Crippen molar-refractivity contribution in [2.75, 3.05) is 18.0 Å². The summed E-state index contributed by atoms with van der Waals surface area (Å²) in [5.74, 6) is 1.25. The second-order valence-electron chi connectivity index (χ2n) is 6.24. The Kier molecular flexibility index (Phi) is 5.03. The van der Waals surface area contributed by atoms with Gasteiger partial charge in [-0.05, 0) is 44.9 Å². The summed E-state index contributed by atoms with van der Waals surface area (Å²) in [4.78, 5) is 27.6. The van der Waals surface area contributed by atoms with Crippen molar-refractivity contribution in [2.45, 2.75) is 38.6 Å². The zero-order valence-electron chi connectivity index (χ0n) is 14.1. The Morgan fingerprint density at radius 3 is 2.58 bits per heavy atom. The molecule has 0 saturated carbocycles. The molecule has 2 aromatic heterocycles. The normalized spacial score (nSPS) is 16.7. The van der Waals surface area contributed by atoms with Crippen molar-refractivity contribution in [1.82, 2.24) is 20.3 Å². The van der Waals surface area contributed by atoms with Gasteiger partial charge in [0.15, 0.2) is 0 Å². The van der Waals surface area contributed by atoms with E-state index in [1.54, 1.807) is 18.5 Å². The number of hydrogen-bond donors (Lipinski definition) is 1. The van der Waals surface area contributed by atoms with Crippen molar-refractivity contribution in [2.24, 2.45) is 0 Å². The smallest absolute Gasteiger partial charge is 0.230 e. The number of aryl methyl sites for hydroxylation is 1. The second kappa shape index (κ2) is 7.38. The minimum absolute atomic E-state index is 0.00618. The monoisotopic (exact) mass is 325 g/mol. The summed E-state index contributed by atoms with van der Waals surface area (Å²) in [6.45, 7) is 5.65. The van der Waals surface area contributed by atoms with E-state index in [9.17, 15) is 4.79 Å². The standard InChI is InChI=1S/C18H23N5O/c1-13-5-3-6-16(21-13)23-11-7-15(8-12-23)22-18(24)14(2)17-19-9-4-10-20-17/h3-6,9-10,14-15H,7-8,11-12H2,1-2H3,(H,22,24). The van der Waals surface area contributed by atoms with E-state index in [1.807, 2.05) is 32.0 Å². The average Bonchev–Trinajstić information content (AvgIpc) is 2.62. The van der Waals surface area contributed by atoms with Crippen molar-refractivity contribution in [3.8, 4) is 0 Å². The molecule has 1 atom stereocenters. The number of carbonyl (C=O) groups excluding carboxylic acids is 1. The molecular weight excluding hydrogens is 302 g/mol. The van der Waals surface area contributed by atoms with E-state index in [2.05, 4.69) is 25.2 Å². The summed E-state index contributed by atoms with van der Waals surface area (Å²) in [5, 5.41) is 3.13. The Labute approximate surface area is 142 Å². The summed E-state index contributed by atoms with van der Waals surface area (Å²) in [7, 11) is 0. The lowest BCUT2D eigenvalue weighted by Crippen LogP contribution is -2.46. The van der Waals surface area contributed by atoms with Gasteiger partial charge in [-0.15, -0.1) is 0 Å².